The second-order valence-electron chi connectivity index (χ2n) is 17.1. The van der Waals surface area contributed by atoms with Crippen LogP contribution in [0.15, 0.2) is 66.9 Å². The van der Waals surface area contributed by atoms with Crippen molar-refractivity contribution in [3.8, 4) is 11.4 Å². The van der Waals surface area contributed by atoms with Crippen molar-refractivity contribution in [3.63, 3.8) is 0 Å². The summed E-state index contributed by atoms with van der Waals surface area (Å²) in [6, 6.07) is 19.4. The third-order valence-electron chi connectivity index (χ3n) is 11.6. The monoisotopic (exact) mass is 844 g/mol. The van der Waals surface area contributed by atoms with Gasteiger partial charge in [0.25, 0.3) is 0 Å². The predicted molar refractivity (Wildman–Crippen MR) is 238 cm³/mol. The van der Waals surface area contributed by atoms with Crippen molar-refractivity contribution in [3.05, 3.63) is 99.8 Å². The zero-order valence-corrected chi connectivity index (χ0v) is 37.0. The van der Waals surface area contributed by atoms with Crippen molar-refractivity contribution in [1.82, 2.24) is 34.4 Å². The van der Waals surface area contributed by atoms with E-state index in [1.165, 1.54) is 0 Å². The number of nitrogens with zero attached hydrogens (tertiary/aromatic N) is 6. The summed E-state index contributed by atoms with van der Waals surface area (Å²) in [5.74, 6) is 1.48. The van der Waals surface area contributed by atoms with Gasteiger partial charge in [0.2, 0.25) is 5.96 Å². The summed E-state index contributed by atoms with van der Waals surface area (Å²) in [4.78, 5) is 20.7. The molecular weight excluding hydrogens is 784 g/mol. The van der Waals surface area contributed by atoms with Crippen molar-refractivity contribution in [1.29, 1.82) is 10.8 Å². The second kappa shape index (κ2) is 19.4. The van der Waals surface area contributed by atoms with Gasteiger partial charge < -0.3 is 24.4 Å². The first-order valence-electron chi connectivity index (χ1n) is 20.6. The van der Waals surface area contributed by atoms with Crippen LogP contribution in [0.4, 0.5) is 10.6 Å². The molecule has 4 aromatic rings. The van der Waals surface area contributed by atoms with E-state index in [0.717, 1.165) is 97.1 Å². The van der Waals surface area contributed by atoms with Gasteiger partial charge in [-0.25, -0.2) is 9.48 Å². The zero-order valence-electron chi connectivity index (χ0n) is 35.5. The number of likely N-dealkylation sites (tertiary alicyclic amines) is 1. The van der Waals surface area contributed by atoms with E-state index in [0.29, 0.717) is 30.4 Å². The second-order valence-corrected chi connectivity index (χ2v) is 17.8. The van der Waals surface area contributed by atoms with Gasteiger partial charge in [0, 0.05) is 67.6 Å². The molecule has 2 aliphatic heterocycles. The van der Waals surface area contributed by atoms with E-state index in [4.69, 9.17) is 36.8 Å². The summed E-state index contributed by atoms with van der Waals surface area (Å²) in [6.45, 7) is 15.4. The van der Waals surface area contributed by atoms with Crippen LogP contribution < -0.4 is 20.9 Å². The number of hydrogen-bond donors (Lipinski definition) is 5. The van der Waals surface area contributed by atoms with Crippen LogP contribution in [0.2, 0.25) is 5.02 Å². The van der Waals surface area contributed by atoms with Gasteiger partial charge in [-0.1, -0.05) is 56.6 Å². The number of carbonyl (C=O) groups excluding carboxylic acids is 1. The molecule has 13 nitrogen and oxygen atoms in total. The van der Waals surface area contributed by atoms with E-state index in [-0.39, 0.29) is 41.2 Å². The van der Waals surface area contributed by atoms with Crippen molar-refractivity contribution in [2.75, 3.05) is 44.8 Å². The maximum atomic E-state index is 13.9. The largest absolute Gasteiger partial charge is 0.484 e. The molecule has 2 amide bonds. The first-order valence-corrected chi connectivity index (χ1v) is 22.2. The first-order chi connectivity index (χ1) is 28.2. The van der Waals surface area contributed by atoms with Gasteiger partial charge in [-0.3, -0.25) is 25.6 Å². The Morgan fingerprint density at radius 2 is 1.66 bits per heavy atom. The number of pyridine rings is 1. The van der Waals surface area contributed by atoms with E-state index in [2.05, 4.69) is 85.2 Å². The molecule has 318 valence electrons. The minimum atomic E-state index is -0.316. The first kappa shape index (κ1) is 44.2. The highest BCUT2D eigenvalue weighted by molar-refractivity contribution is 7.93. The molecule has 0 saturated carbocycles. The number of halogens is 1. The number of rotatable bonds is 7. The molecule has 0 bridgehead atoms. The van der Waals surface area contributed by atoms with Crippen LogP contribution in [-0.2, 0) is 12.0 Å². The molecule has 0 unspecified atom stereocenters. The van der Waals surface area contributed by atoms with Crippen molar-refractivity contribution < 1.29 is 14.1 Å². The van der Waals surface area contributed by atoms with Crippen LogP contribution in [0.5, 0.6) is 5.75 Å². The number of amides is 2. The molecule has 7 rings (SSSR count). The summed E-state index contributed by atoms with van der Waals surface area (Å²) in [5, 5.41) is 29.7. The average molecular weight is 846 g/mol. The maximum absolute atomic E-state index is 13.9. The molecule has 4 heterocycles. The lowest BCUT2D eigenvalue weighted by Crippen LogP contribution is -2.51. The van der Waals surface area contributed by atoms with Gasteiger partial charge in [-0.2, -0.15) is 5.10 Å². The van der Waals surface area contributed by atoms with E-state index < -0.39 is 0 Å². The Bertz CT molecular complexity index is 2130. The van der Waals surface area contributed by atoms with Gasteiger partial charge in [0.1, 0.15) is 23.2 Å². The fourth-order valence-corrected chi connectivity index (χ4v) is 8.46. The molecule has 5 N–H and O–H groups in total. The molecule has 1 aliphatic carbocycles. The van der Waals surface area contributed by atoms with Crippen molar-refractivity contribution in [2.24, 2.45) is 0 Å². The Kier molecular flexibility index (Phi) is 14.5. The minimum absolute atomic E-state index is 0.231. The standard InChI is InChI=1S/C43H57ClN10O2.CH4OS/c1-28-10-9-11-29(2)53(28)41(46)52-27-32(15-19-39(52)45)56-37-18-17-36(33-12-7-8-13-34(33)37)47-42(55)48-40-25-38(43(3,4)5)49-54(40)31-14-16-35(44)30(24-31)26-51-22-20-50(6)21-23-51;1-3-2/h7-8,12-16,19,24-25,27-29,36-37,45-46H,9-11,17-18,20-23,26H2,1-6H3,(H2,47,48,55);2H,1H3/t28-,29+,36-,37+;/m0./s1. The topological polar surface area (TPSA) is 151 Å². The molecule has 2 saturated heterocycles. The van der Waals surface area contributed by atoms with Gasteiger partial charge in [0.15, 0.2) is 0 Å². The number of ether oxygens (including phenoxy) is 1. The molecular formula is C44H61ClN10O3S. The number of piperidine rings is 1. The van der Waals surface area contributed by atoms with Gasteiger partial charge in [-0.05, 0) is 112 Å². The fraction of sp³-hybridized carbons (Fsp3) is 0.500. The van der Waals surface area contributed by atoms with Crippen molar-refractivity contribution in [2.45, 2.75) is 103 Å². The zero-order chi connectivity index (χ0) is 42.4. The number of carbonyl (C=O) groups is 1. The van der Waals surface area contributed by atoms with Crippen LogP contribution >= 0.6 is 23.6 Å². The Balaban J connectivity index is 0.00000189. The molecule has 2 aromatic carbocycles. The van der Waals surface area contributed by atoms with Gasteiger partial charge in [0.05, 0.1) is 23.6 Å². The number of nitrogens with one attached hydrogen (secondary N) is 4. The molecule has 2 fully saturated rings. The molecule has 59 heavy (non-hydrogen) atoms. The minimum Gasteiger partial charge on any atom is -0.484 e. The number of piperazine rings is 1. The molecule has 4 atom stereocenters. The van der Waals surface area contributed by atoms with Crippen LogP contribution in [0.25, 0.3) is 5.69 Å². The van der Waals surface area contributed by atoms with E-state index in [1.54, 1.807) is 29.2 Å². The normalized spacial score (nSPS) is 21.2. The molecule has 3 aliphatic rings. The lowest BCUT2D eigenvalue weighted by molar-refractivity contribution is 0.148. The summed E-state index contributed by atoms with van der Waals surface area (Å²) in [6.07, 6.45) is 7.68. The SMILES string of the molecule is CSO.C[C@@H]1CCC[C@H](C)N1C(=N)n1cc(O[C@@H]2CC[C@H](NC(=O)Nc3cc(C(C)(C)C)nn3-c3ccc(Cl)c(CN4CCN(C)CC4)c3)c3ccccc32)ccc1=N. The molecule has 0 spiro atoms. The van der Waals surface area contributed by atoms with E-state index in [1.807, 2.05) is 35.0 Å². The average Bonchev–Trinajstić information content (AvgIpc) is 3.63. The lowest BCUT2D eigenvalue weighted by Gasteiger charge is -2.41. The predicted octanol–water partition coefficient (Wildman–Crippen LogP) is 8.50. The third kappa shape index (κ3) is 10.7. The Hall–Kier alpha value is -4.34. The van der Waals surface area contributed by atoms with Crippen LogP contribution in [-0.4, -0.2) is 97.2 Å². The summed E-state index contributed by atoms with van der Waals surface area (Å²) in [7, 11) is 2.15. The van der Waals surface area contributed by atoms with Crippen LogP contribution in [0, 0.1) is 10.8 Å². The third-order valence-corrected chi connectivity index (χ3v) is 12.0. The highest BCUT2D eigenvalue weighted by Crippen LogP contribution is 2.39. The molecule has 15 heteroatoms. The number of likely N-dealkylation sites (N-methyl/N-ethyl adjacent to an activating group) is 1. The Labute approximate surface area is 358 Å². The number of fused-ring (bicyclic) bond motifs is 1. The Morgan fingerprint density at radius 3 is 2.34 bits per heavy atom. The number of aromatic nitrogens is 3. The van der Waals surface area contributed by atoms with Crippen molar-refractivity contribution >= 4 is 41.5 Å². The summed E-state index contributed by atoms with van der Waals surface area (Å²) < 4.78 is 17.5. The van der Waals surface area contributed by atoms with Crippen LogP contribution in [0.1, 0.15) is 101 Å². The number of anilines is 1. The maximum Gasteiger partial charge on any atom is 0.320 e. The number of benzene rings is 2. The Morgan fingerprint density at radius 1 is 0.983 bits per heavy atom. The smallest absolute Gasteiger partial charge is 0.320 e. The highest BCUT2D eigenvalue weighted by Gasteiger charge is 2.31. The quantitative estimate of drug-likeness (QED) is 0.0707. The molecule has 0 radical (unpaired) electrons. The fourth-order valence-electron chi connectivity index (χ4n) is 8.28. The molecule has 2 aromatic heterocycles. The summed E-state index contributed by atoms with van der Waals surface area (Å²) in [5.41, 5.74) is 4.74. The highest BCUT2D eigenvalue weighted by atomic mass is 35.5. The number of urea groups is 1. The van der Waals surface area contributed by atoms with Gasteiger partial charge >= 0.3 is 6.03 Å². The van der Waals surface area contributed by atoms with E-state index in [9.17, 15) is 4.79 Å². The summed E-state index contributed by atoms with van der Waals surface area (Å²) >= 11 is 7.48. The van der Waals surface area contributed by atoms with Gasteiger partial charge in [-0.15, -0.1) is 0 Å². The van der Waals surface area contributed by atoms with Crippen LogP contribution in [0.3, 0.4) is 0 Å². The number of hydrogen-bond acceptors (Lipinski definition) is 9. The lowest BCUT2D eigenvalue weighted by atomic mass is 9.85. The van der Waals surface area contributed by atoms with E-state index >= 15 is 0 Å².